The molecule has 1 N–H and O–H groups in total. The van der Waals surface area contributed by atoms with Gasteiger partial charge in [0.25, 0.3) is 5.92 Å². The van der Waals surface area contributed by atoms with E-state index in [4.69, 9.17) is 11.6 Å². The maximum atomic E-state index is 14.2. The van der Waals surface area contributed by atoms with Gasteiger partial charge >= 0.3 is 6.03 Å². The van der Waals surface area contributed by atoms with Gasteiger partial charge in [-0.1, -0.05) is 17.7 Å². The molecule has 1 atom stereocenters. The molecule has 194 valence electrons. The molecule has 2 saturated heterocycles. The summed E-state index contributed by atoms with van der Waals surface area (Å²) >= 11 is 5.80. The lowest BCUT2D eigenvalue weighted by atomic mass is 10.0. The Kier molecular flexibility index (Phi) is 7.70. The molecule has 2 fully saturated rings. The first-order valence-corrected chi connectivity index (χ1v) is 11.7. The van der Waals surface area contributed by atoms with Gasteiger partial charge in [0.1, 0.15) is 17.5 Å². The SMILES string of the molecule is O=C1CC(CN2CCC(F)(F)CC2)N(C(=O)Nc2ccc(F)c(Cl)c2)CN1Cc1ccc(F)cc1F. The number of carbonyl (C=O) groups is 2. The molecule has 2 aromatic rings. The van der Waals surface area contributed by atoms with Gasteiger partial charge in [0, 0.05) is 56.2 Å². The molecule has 2 aromatic carbocycles. The second-order valence-electron chi connectivity index (χ2n) is 9.01. The monoisotopic (exact) mass is 530 g/mol. The fraction of sp³-hybridized carbons (Fsp3) is 0.417. The van der Waals surface area contributed by atoms with Crippen molar-refractivity contribution in [2.75, 3.05) is 31.6 Å². The molecule has 2 aliphatic rings. The van der Waals surface area contributed by atoms with Crippen LogP contribution in [0, 0.1) is 17.5 Å². The highest BCUT2D eigenvalue weighted by Gasteiger charge is 2.39. The van der Waals surface area contributed by atoms with Crippen LogP contribution in [-0.2, 0) is 11.3 Å². The van der Waals surface area contributed by atoms with Crippen LogP contribution in [0.4, 0.5) is 32.4 Å². The van der Waals surface area contributed by atoms with Crippen LogP contribution >= 0.6 is 11.6 Å². The Morgan fingerprint density at radius 1 is 1.06 bits per heavy atom. The number of hydrogen-bond acceptors (Lipinski definition) is 3. The van der Waals surface area contributed by atoms with Crippen LogP contribution in [0.3, 0.4) is 0 Å². The van der Waals surface area contributed by atoms with Gasteiger partial charge in [-0.15, -0.1) is 0 Å². The molecule has 2 heterocycles. The Balaban J connectivity index is 1.52. The van der Waals surface area contributed by atoms with Crippen LogP contribution in [0.5, 0.6) is 0 Å². The Labute approximate surface area is 209 Å². The van der Waals surface area contributed by atoms with E-state index in [1.165, 1.54) is 28.0 Å². The van der Waals surface area contributed by atoms with Gasteiger partial charge in [0.05, 0.1) is 24.3 Å². The number of rotatable bonds is 5. The van der Waals surface area contributed by atoms with Gasteiger partial charge in [-0.25, -0.2) is 26.7 Å². The molecule has 4 rings (SSSR count). The van der Waals surface area contributed by atoms with Crippen molar-refractivity contribution in [3.05, 3.63) is 64.4 Å². The van der Waals surface area contributed by atoms with Crippen LogP contribution < -0.4 is 5.32 Å². The Morgan fingerprint density at radius 2 is 1.78 bits per heavy atom. The third-order valence-electron chi connectivity index (χ3n) is 6.39. The largest absolute Gasteiger partial charge is 0.323 e. The lowest BCUT2D eigenvalue weighted by Gasteiger charge is -2.43. The normalized spacial score (nSPS) is 20.5. The first-order chi connectivity index (χ1) is 17.0. The molecule has 3 amide bonds. The maximum Gasteiger partial charge on any atom is 0.323 e. The van der Waals surface area contributed by atoms with Crippen LogP contribution in [0.1, 0.15) is 24.8 Å². The summed E-state index contributed by atoms with van der Waals surface area (Å²) in [6, 6.07) is 5.39. The number of urea groups is 1. The van der Waals surface area contributed by atoms with E-state index in [1.807, 2.05) is 0 Å². The van der Waals surface area contributed by atoms with Gasteiger partial charge in [-0.2, -0.15) is 0 Å². The summed E-state index contributed by atoms with van der Waals surface area (Å²) in [6.07, 6.45) is -0.749. The summed E-state index contributed by atoms with van der Waals surface area (Å²) in [5, 5.41) is 2.42. The number of halogens is 6. The summed E-state index contributed by atoms with van der Waals surface area (Å²) < 4.78 is 68.2. The highest BCUT2D eigenvalue weighted by atomic mass is 35.5. The quantitative estimate of drug-likeness (QED) is 0.549. The molecule has 36 heavy (non-hydrogen) atoms. The number of carbonyl (C=O) groups excluding carboxylic acids is 2. The molecule has 0 spiro atoms. The van der Waals surface area contributed by atoms with E-state index in [0.29, 0.717) is 6.07 Å². The van der Waals surface area contributed by atoms with Gasteiger partial charge < -0.3 is 20.0 Å². The topological polar surface area (TPSA) is 55.9 Å². The molecule has 0 aliphatic carbocycles. The van der Waals surface area contributed by atoms with Gasteiger partial charge in [-0.05, 0) is 24.3 Å². The zero-order valence-electron chi connectivity index (χ0n) is 19.1. The maximum absolute atomic E-state index is 14.2. The number of benzene rings is 2. The summed E-state index contributed by atoms with van der Waals surface area (Å²) in [7, 11) is 0. The molecule has 1 unspecified atom stereocenters. The minimum absolute atomic E-state index is 0.0761. The molecule has 0 bridgehead atoms. The molecular weight excluding hydrogens is 507 g/mol. The van der Waals surface area contributed by atoms with Crippen LogP contribution in [-0.4, -0.2) is 64.9 Å². The lowest BCUT2D eigenvalue weighted by Crippen LogP contribution is -2.59. The number of amides is 3. The van der Waals surface area contributed by atoms with E-state index in [9.17, 15) is 31.5 Å². The third-order valence-corrected chi connectivity index (χ3v) is 6.68. The average Bonchev–Trinajstić information content (AvgIpc) is 2.81. The zero-order chi connectivity index (χ0) is 26.0. The van der Waals surface area contributed by atoms with E-state index < -0.39 is 35.4 Å². The van der Waals surface area contributed by atoms with Crippen molar-refractivity contribution in [1.29, 1.82) is 0 Å². The number of anilines is 1. The van der Waals surface area contributed by atoms with Crippen LogP contribution in [0.25, 0.3) is 0 Å². The van der Waals surface area contributed by atoms with E-state index in [1.54, 1.807) is 4.90 Å². The second kappa shape index (κ2) is 10.6. The molecule has 0 aromatic heterocycles. The molecular formula is C24H24ClF5N4O2. The Hall–Kier alpha value is -2.92. The van der Waals surface area contributed by atoms with E-state index in [-0.39, 0.29) is 74.3 Å². The van der Waals surface area contributed by atoms with Crippen molar-refractivity contribution in [3.8, 4) is 0 Å². The first kappa shape index (κ1) is 26.2. The highest BCUT2D eigenvalue weighted by Crippen LogP contribution is 2.29. The van der Waals surface area contributed by atoms with Gasteiger partial charge in [0.15, 0.2) is 0 Å². The number of alkyl halides is 2. The van der Waals surface area contributed by atoms with E-state index >= 15 is 0 Å². The Morgan fingerprint density at radius 3 is 2.44 bits per heavy atom. The lowest BCUT2D eigenvalue weighted by molar-refractivity contribution is -0.140. The minimum Gasteiger partial charge on any atom is -0.320 e. The number of hydrogen-bond donors (Lipinski definition) is 1. The number of likely N-dealkylation sites (tertiary alicyclic amines) is 1. The van der Waals surface area contributed by atoms with Crippen molar-refractivity contribution >= 4 is 29.2 Å². The summed E-state index contributed by atoms with van der Waals surface area (Å²) in [5.74, 6) is -5.35. The van der Waals surface area contributed by atoms with Gasteiger partial charge in [-0.3, -0.25) is 4.79 Å². The van der Waals surface area contributed by atoms with E-state index in [0.717, 1.165) is 12.1 Å². The predicted octanol–water partition coefficient (Wildman–Crippen LogP) is 5.08. The van der Waals surface area contributed by atoms with Gasteiger partial charge in [0.2, 0.25) is 5.91 Å². The summed E-state index contributed by atoms with van der Waals surface area (Å²) in [6.45, 7) is 0.0133. The highest BCUT2D eigenvalue weighted by molar-refractivity contribution is 6.31. The van der Waals surface area contributed by atoms with Crippen molar-refractivity contribution in [3.63, 3.8) is 0 Å². The van der Waals surface area contributed by atoms with E-state index in [2.05, 4.69) is 5.32 Å². The number of piperidine rings is 1. The Bertz CT molecular complexity index is 1140. The fourth-order valence-corrected chi connectivity index (χ4v) is 4.52. The minimum atomic E-state index is -2.74. The molecule has 12 heteroatoms. The molecule has 2 aliphatic heterocycles. The average molecular weight is 531 g/mol. The smallest absolute Gasteiger partial charge is 0.320 e. The second-order valence-corrected chi connectivity index (χ2v) is 9.42. The van der Waals surface area contributed by atoms with Crippen molar-refractivity contribution < 1.29 is 31.5 Å². The van der Waals surface area contributed by atoms with Crippen LogP contribution in [0.15, 0.2) is 36.4 Å². The van der Waals surface area contributed by atoms with Crippen molar-refractivity contribution in [2.24, 2.45) is 0 Å². The number of nitrogens with one attached hydrogen (secondary N) is 1. The third kappa shape index (κ3) is 6.25. The summed E-state index contributed by atoms with van der Waals surface area (Å²) in [5.41, 5.74) is 0.294. The number of nitrogens with zero attached hydrogens (tertiary/aromatic N) is 3. The molecule has 0 saturated carbocycles. The molecule has 6 nitrogen and oxygen atoms in total. The van der Waals surface area contributed by atoms with Crippen LogP contribution in [0.2, 0.25) is 5.02 Å². The summed E-state index contributed by atoms with van der Waals surface area (Å²) in [4.78, 5) is 30.5. The predicted molar refractivity (Wildman–Crippen MR) is 123 cm³/mol. The molecule has 0 radical (unpaired) electrons. The van der Waals surface area contributed by atoms with Crippen molar-refractivity contribution in [2.45, 2.75) is 37.8 Å². The first-order valence-electron chi connectivity index (χ1n) is 11.4. The van der Waals surface area contributed by atoms with Crippen molar-refractivity contribution in [1.82, 2.24) is 14.7 Å². The zero-order valence-corrected chi connectivity index (χ0v) is 19.9. The fourth-order valence-electron chi connectivity index (χ4n) is 4.34. The standard InChI is InChI=1S/C24H24ClF5N4O2/c25-19-10-17(3-4-20(19)27)31-23(36)34-14-33(12-15-1-2-16(26)9-21(15)28)22(35)11-18(34)13-32-7-5-24(29,30)6-8-32/h1-4,9-10,18H,5-8,11-14H2,(H,31,36).